The summed E-state index contributed by atoms with van der Waals surface area (Å²) in [6.45, 7) is 3.13. The van der Waals surface area contributed by atoms with Crippen LogP contribution in [0.3, 0.4) is 0 Å². The molecule has 0 saturated carbocycles. The molecule has 7 nitrogen and oxygen atoms in total. The normalized spacial score (nSPS) is 15.2. The number of rotatable bonds is 6. The number of carbonyl (C=O) groups is 2. The molecule has 0 aromatic heterocycles. The van der Waals surface area contributed by atoms with Gasteiger partial charge in [0.05, 0.1) is 26.4 Å². The summed E-state index contributed by atoms with van der Waals surface area (Å²) in [5.41, 5.74) is 1.63. The smallest absolute Gasteiger partial charge is 0.313 e. The third-order valence-corrected chi connectivity index (χ3v) is 5.66. The van der Waals surface area contributed by atoms with Gasteiger partial charge in [0, 0.05) is 31.4 Å². The highest BCUT2D eigenvalue weighted by Crippen LogP contribution is 2.28. The molecule has 1 aliphatic heterocycles. The predicted octanol–water partition coefficient (Wildman–Crippen LogP) is 2.98. The Bertz CT molecular complexity index is 1090. The molecule has 0 unspecified atom stereocenters. The van der Waals surface area contributed by atoms with Crippen LogP contribution < -0.4 is 15.4 Å². The number of hydrogen-bond acceptors (Lipinski definition) is 5. The molecule has 1 heterocycles. The molecule has 0 bridgehead atoms. The average Bonchev–Trinajstić information content (AvgIpc) is 2.85. The number of anilines is 1. The standard InChI is InChI=1S/C25H27N3O4/c1-31-20-9-5-8-19(16-20)27-25(30)24(29)26-17-23(28-12-14-32-15-13-28)22-11-4-7-18-6-2-3-10-21(18)22/h2-11,16,23H,12-15,17H2,1H3,(H,26,29)(H,27,30)/t23-/m0/s1. The predicted molar refractivity (Wildman–Crippen MR) is 124 cm³/mol. The Morgan fingerprint density at radius 1 is 1.00 bits per heavy atom. The summed E-state index contributed by atoms with van der Waals surface area (Å²) in [6, 6.07) is 21.2. The fraction of sp³-hybridized carbons (Fsp3) is 0.280. The fourth-order valence-corrected chi connectivity index (χ4v) is 4.02. The largest absolute Gasteiger partial charge is 0.497 e. The highest BCUT2D eigenvalue weighted by Gasteiger charge is 2.25. The molecule has 0 spiro atoms. The van der Waals surface area contributed by atoms with Gasteiger partial charge in [-0.05, 0) is 28.5 Å². The minimum atomic E-state index is -0.711. The number of hydrogen-bond donors (Lipinski definition) is 2. The third kappa shape index (κ3) is 5.07. The van der Waals surface area contributed by atoms with Gasteiger partial charge in [-0.3, -0.25) is 14.5 Å². The molecule has 1 atom stereocenters. The summed E-state index contributed by atoms with van der Waals surface area (Å²) >= 11 is 0. The second-order valence-electron chi connectivity index (χ2n) is 7.63. The van der Waals surface area contributed by atoms with E-state index in [1.165, 1.54) is 0 Å². The van der Waals surface area contributed by atoms with Gasteiger partial charge in [-0.2, -0.15) is 0 Å². The van der Waals surface area contributed by atoms with Crippen LogP contribution in [-0.2, 0) is 14.3 Å². The Morgan fingerprint density at radius 3 is 2.56 bits per heavy atom. The van der Waals surface area contributed by atoms with E-state index in [0.717, 1.165) is 29.4 Å². The first-order valence-electron chi connectivity index (χ1n) is 10.7. The van der Waals surface area contributed by atoms with Crippen molar-refractivity contribution in [2.24, 2.45) is 0 Å². The second-order valence-corrected chi connectivity index (χ2v) is 7.63. The van der Waals surface area contributed by atoms with Crippen LogP contribution in [0.5, 0.6) is 5.75 Å². The first-order chi connectivity index (χ1) is 15.7. The Labute approximate surface area is 187 Å². The number of morpholine rings is 1. The van der Waals surface area contributed by atoms with E-state index in [1.807, 2.05) is 18.2 Å². The maximum Gasteiger partial charge on any atom is 0.313 e. The van der Waals surface area contributed by atoms with E-state index in [1.54, 1.807) is 31.4 Å². The number of fused-ring (bicyclic) bond motifs is 1. The summed E-state index contributed by atoms with van der Waals surface area (Å²) in [4.78, 5) is 27.3. The van der Waals surface area contributed by atoms with Crippen molar-refractivity contribution in [3.05, 3.63) is 72.3 Å². The Morgan fingerprint density at radius 2 is 1.75 bits per heavy atom. The molecule has 1 aliphatic rings. The quantitative estimate of drug-likeness (QED) is 0.585. The lowest BCUT2D eigenvalue weighted by Gasteiger charge is -2.35. The molecule has 2 amide bonds. The van der Waals surface area contributed by atoms with Gasteiger partial charge in [-0.25, -0.2) is 0 Å². The van der Waals surface area contributed by atoms with Gasteiger partial charge >= 0.3 is 11.8 Å². The van der Waals surface area contributed by atoms with Crippen molar-refractivity contribution in [1.29, 1.82) is 0 Å². The maximum atomic E-state index is 12.6. The summed E-state index contributed by atoms with van der Waals surface area (Å²) < 4.78 is 10.7. The van der Waals surface area contributed by atoms with Crippen molar-refractivity contribution in [2.45, 2.75) is 6.04 Å². The van der Waals surface area contributed by atoms with Gasteiger partial charge in [0.1, 0.15) is 5.75 Å². The Kier molecular flexibility index (Phi) is 6.99. The molecule has 1 saturated heterocycles. The van der Waals surface area contributed by atoms with Crippen LogP contribution in [0.15, 0.2) is 66.7 Å². The molecule has 4 rings (SSSR count). The van der Waals surface area contributed by atoms with Gasteiger partial charge in [-0.1, -0.05) is 48.5 Å². The lowest BCUT2D eigenvalue weighted by molar-refractivity contribution is -0.136. The van der Waals surface area contributed by atoms with E-state index in [9.17, 15) is 9.59 Å². The number of benzene rings is 3. The van der Waals surface area contributed by atoms with Crippen molar-refractivity contribution >= 4 is 28.3 Å². The minimum absolute atomic E-state index is 0.0708. The molecule has 32 heavy (non-hydrogen) atoms. The minimum Gasteiger partial charge on any atom is -0.497 e. The van der Waals surface area contributed by atoms with Crippen molar-refractivity contribution in [3.8, 4) is 5.75 Å². The molecule has 1 fully saturated rings. The number of carbonyl (C=O) groups excluding carboxylic acids is 2. The van der Waals surface area contributed by atoms with Gasteiger partial charge in [-0.15, -0.1) is 0 Å². The first kappa shape index (κ1) is 21.8. The second kappa shape index (κ2) is 10.3. The lowest BCUT2D eigenvalue weighted by Crippen LogP contribution is -2.45. The fourth-order valence-electron chi connectivity index (χ4n) is 4.02. The summed E-state index contributed by atoms with van der Waals surface area (Å²) in [5.74, 6) is -0.783. The number of nitrogens with one attached hydrogen (secondary N) is 2. The van der Waals surface area contributed by atoms with Gasteiger partial charge in [0.25, 0.3) is 0 Å². The lowest BCUT2D eigenvalue weighted by atomic mass is 9.97. The number of ether oxygens (including phenoxy) is 2. The molecule has 0 aliphatic carbocycles. The van der Waals surface area contributed by atoms with Crippen LogP contribution in [0.2, 0.25) is 0 Å². The number of amides is 2. The van der Waals surface area contributed by atoms with Crippen molar-refractivity contribution in [3.63, 3.8) is 0 Å². The van der Waals surface area contributed by atoms with E-state index in [-0.39, 0.29) is 6.04 Å². The molecule has 0 radical (unpaired) electrons. The van der Waals surface area contributed by atoms with Crippen molar-refractivity contribution in [2.75, 3.05) is 45.3 Å². The van der Waals surface area contributed by atoms with E-state index in [4.69, 9.17) is 9.47 Å². The van der Waals surface area contributed by atoms with Crippen LogP contribution >= 0.6 is 0 Å². The van der Waals surface area contributed by atoms with Crippen LogP contribution in [0.4, 0.5) is 5.69 Å². The molecular formula is C25H27N3O4. The van der Waals surface area contributed by atoms with Crippen LogP contribution in [0.25, 0.3) is 10.8 Å². The topological polar surface area (TPSA) is 79.9 Å². The molecule has 7 heteroatoms. The van der Waals surface area contributed by atoms with Crippen LogP contribution in [0.1, 0.15) is 11.6 Å². The number of nitrogens with zero attached hydrogens (tertiary/aromatic N) is 1. The third-order valence-electron chi connectivity index (χ3n) is 5.66. The van der Waals surface area contributed by atoms with Gasteiger partial charge < -0.3 is 20.1 Å². The molecule has 166 valence electrons. The average molecular weight is 434 g/mol. The van der Waals surface area contributed by atoms with Crippen molar-refractivity contribution in [1.82, 2.24) is 10.2 Å². The van der Waals surface area contributed by atoms with Gasteiger partial charge in [0.15, 0.2) is 0 Å². The highest BCUT2D eigenvalue weighted by atomic mass is 16.5. The zero-order valence-electron chi connectivity index (χ0n) is 18.0. The Balaban J connectivity index is 1.50. The zero-order valence-corrected chi connectivity index (χ0v) is 18.0. The zero-order chi connectivity index (χ0) is 22.3. The van der Waals surface area contributed by atoms with E-state index in [2.05, 4.69) is 39.8 Å². The maximum absolute atomic E-state index is 12.6. The molecule has 2 N–H and O–H groups in total. The van der Waals surface area contributed by atoms with E-state index in [0.29, 0.717) is 31.2 Å². The summed E-state index contributed by atoms with van der Waals surface area (Å²) in [5, 5.41) is 7.74. The van der Waals surface area contributed by atoms with E-state index < -0.39 is 11.8 Å². The molecule has 3 aromatic carbocycles. The van der Waals surface area contributed by atoms with E-state index >= 15 is 0 Å². The highest BCUT2D eigenvalue weighted by molar-refractivity contribution is 6.39. The monoisotopic (exact) mass is 433 g/mol. The van der Waals surface area contributed by atoms with Gasteiger partial charge in [0.2, 0.25) is 0 Å². The summed E-state index contributed by atoms with van der Waals surface area (Å²) in [7, 11) is 1.55. The first-order valence-corrected chi connectivity index (χ1v) is 10.7. The van der Waals surface area contributed by atoms with Crippen LogP contribution in [0, 0.1) is 0 Å². The summed E-state index contributed by atoms with van der Waals surface area (Å²) in [6.07, 6.45) is 0. The number of methoxy groups -OCH3 is 1. The van der Waals surface area contributed by atoms with Crippen LogP contribution in [-0.4, -0.2) is 56.7 Å². The Hall–Kier alpha value is -3.42. The SMILES string of the molecule is COc1cccc(NC(=O)C(=O)NC[C@@H](c2cccc3ccccc23)N2CCOCC2)c1. The molecule has 3 aromatic rings. The van der Waals surface area contributed by atoms with Crippen molar-refractivity contribution < 1.29 is 19.1 Å². The molecular weight excluding hydrogens is 406 g/mol.